The second-order valence-electron chi connectivity index (χ2n) is 6.25. The molecule has 0 saturated carbocycles. The van der Waals surface area contributed by atoms with E-state index in [1.54, 1.807) is 6.07 Å². The molecule has 0 saturated heterocycles. The number of nitrogens with one attached hydrogen (secondary N) is 1. The average Bonchev–Trinajstić information content (AvgIpc) is 3.27. The van der Waals surface area contributed by atoms with Crippen LogP contribution in [0.2, 0.25) is 0 Å². The van der Waals surface area contributed by atoms with Gasteiger partial charge in [-0.25, -0.2) is 47.2 Å². The molecule has 2 heterocycles. The Balaban J connectivity index is 0. The first-order chi connectivity index (χ1) is 16.2. The molecule has 0 aliphatic carbocycles. The van der Waals surface area contributed by atoms with Crippen molar-refractivity contribution in [3.8, 4) is 6.07 Å². The molecular weight excluding hydrogens is 595 g/mol. The van der Waals surface area contributed by atoms with Crippen LogP contribution in [0.15, 0.2) is 48.5 Å². The quantitative estimate of drug-likeness (QED) is 0.165. The van der Waals surface area contributed by atoms with Crippen molar-refractivity contribution in [1.82, 2.24) is 19.5 Å². The van der Waals surface area contributed by atoms with Crippen molar-refractivity contribution in [2.24, 2.45) is 7.05 Å². The van der Waals surface area contributed by atoms with Crippen molar-refractivity contribution in [2.75, 3.05) is 0 Å². The monoisotopic (exact) mass is 614 g/mol. The minimum Gasteiger partial charge on any atom is -0.457 e. The van der Waals surface area contributed by atoms with E-state index in [2.05, 4.69) is 25.6 Å². The van der Waals surface area contributed by atoms with Crippen LogP contribution >= 0.6 is 0 Å². The molecule has 0 bridgehead atoms. The van der Waals surface area contributed by atoms with Crippen molar-refractivity contribution in [3.05, 3.63) is 60.2 Å². The summed E-state index contributed by atoms with van der Waals surface area (Å²) >= 11 is 0. The zero-order valence-electron chi connectivity index (χ0n) is 19.5. The Morgan fingerprint density at radius 2 is 1.32 bits per heavy atom. The molecule has 4 aromatic rings. The molecule has 2 aromatic carbocycles. The number of fused-ring (bicyclic) bond motifs is 2. The minimum absolute atomic E-state index is 0. The summed E-state index contributed by atoms with van der Waals surface area (Å²) in [5.41, 5.74) is 4.10. The second kappa shape index (κ2) is 17.2. The van der Waals surface area contributed by atoms with Gasteiger partial charge in [0, 0.05) is 14.0 Å². The number of imidazole rings is 2. The van der Waals surface area contributed by atoms with Gasteiger partial charge in [0.1, 0.15) is 24.9 Å². The van der Waals surface area contributed by atoms with Crippen LogP contribution in [-0.4, -0.2) is 19.5 Å². The summed E-state index contributed by atoms with van der Waals surface area (Å²) in [6.07, 6.45) is 0. The summed E-state index contributed by atoms with van der Waals surface area (Å²) in [5, 5.41) is 7.32. The number of aryl methyl sites for hydroxylation is 1. The molecule has 0 aliphatic rings. The molecule has 0 radical (unpaired) electrons. The Morgan fingerprint density at radius 3 is 1.81 bits per heavy atom. The van der Waals surface area contributed by atoms with E-state index in [9.17, 15) is 0 Å². The van der Waals surface area contributed by atoms with Crippen molar-refractivity contribution in [2.45, 2.75) is 20.1 Å². The summed E-state index contributed by atoms with van der Waals surface area (Å²) in [5.74, 6) is 1.75. The standard InChI is InChI=1S/C17H16N4O.C2H3N.2ClHO4.H2O.Zn/c1-21-15-9-5-4-8-14(15)20-17(21)11-22-10-16-18-12-6-2-3-7-13(12)19-16;1-2-3;2*2-1(3,4)5;;/h2-9H,10-11H2,1H3,(H,18,19);1H3;2*(H,2,3,4,5);1H2;/q;;;;;+2/p-1. The van der Waals surface area contributed by atoms with Gasteiger partial charge in [-0.15, -0.1) is 20.5 Å². The van der Waals surface area contributed by atoms with Gasteiger partial charge in [-0.05, 0) is 24.3 Å². The second-order valence-corrected chi connectivity index (χ2v) is 7.76. The van der Waals surface area contributed by atoms with Crippen LogP contribution in [0.1, 0.15) is 18.6 Å². The molecule has 198 valence electrons. The maximum atomic E-state index is 8.49. The van der Waals surface area contributed by atoms with E-state index < -0.39 is 20.5 Å². The smallest absolute Gasteiger partial charge is 0.457 e. The number of aromatic amines is 1. The summed E-state index contributed by atoms with van der Waals surface area (Å²) < 4.78 is 75.8. The third-order valence-electron chi connectivity index (χ3n) is 3.79. The molecule has 37 heavy (non-hydrogen) atoms. The van der Waals surface area contributed by atoms with Crippen molar-refractivity contribution >= 4 is 22.1 Å². The fourth-order valence-electron chi connectivity index (χ4n) is 2.64. The van der Waals surface area contributed by atoms with Crippen molar-refractivity contribution in [3.63, 3.8) is 0 Å². The molecule has 0 atom stereocenters. The number of hydrogen-bond donors (Lipinski definition) is 1. The average molecular weight is 617 g/mol. The van der Waals surface area contributed by atoms with Gasteiger partial charge in [-0.1, -0.05) is 24.3 Å². The zero-order chi connectivity index (χ0) is 26.6. The maximum absolute atomic E-state index is 8.49. The zero-order valence-corrected chi connectivity index (χ0v) is 24.0. The first-order valence-corrected chi connectivity index (χ1v) is 11.7. The van der Waals surface area contributed by atoms with Gasteiger partial charge in [0.25, 0.3) is 0 Å². The van der Waals surface area contributed by atoms with Gasteiger partial charge in [-0.2, -0.15) is 5.26 Å². The summed E-state index contributed by atoms with van der Waals surface area (Å²) in [6, 6.07) is 17.8. The molecule has 0 fully saturated rings. The molecule has 15 nitrogen and oxygen atoms in total. The Labute approximate surface area is 227 Å². The number of aromatic nitrogens is 4. The van der Waals surface area contributed by atoms with E-state index in [0.717, 1.165) is 33.7 Å². The largest absolute Gasteiger partial charge is 2.00 e. The Kier molecular flexibility index (Phi) is 17.2. The van der Waals surface area contributed by atoms with Gasteiger partial charge in [0.15, 0.2) is 0 Å². The number of benzene rings is 2. The number of H-pyrrole nitrogens is 1. The molecule has 0 spiro atoms. The number of nitriles is 1. The molecule has 4 N–H and O–H groups in total. The minimum atomic E-state index is -4.94. The molecule has 0 unspecified atom stereocenters. The summed E-state index contributed by atoms with van der Waals surface area (Å²) in [7, 11) is -7.88. The molecule has 0 amide bonds. The number of ether oxygens (including phenoxy) is 1. The number of halogens is 2. The fourth-order valence-corrected chi connectivity index (χ4v) is 2.64. The number of para-hydroxylation sites is 4. The molecule has 0 aliphatic heterocycles. The molecule has 2 aromatic heterocycles. The van der Waals surface area contributed by atoms with Crippen LogP contribution in [0.5, 0.6) is 0 Å². The third kappa shape index (κ3) is 16.2. The predicted octanol–water partition coefficient (Wildman–Crippen LogP) is -6.74. The molecular formula is C19H22Cl2N5O10Zn+. The number of hydrogen-bond acceptors (Lipinski definition) is 12. The van der Waals surface area contributed by atoms with E-state index in [0.29, 0.717) is 13.2 Å². The Hall–Kier alpha value is -2.33. The topological polar surface area (TPSA) is 297 Å². The Morgan fingerprint density at radius 1 is 0.865 bits per heavy atom. The van der Waals surface area contributed by atoms with E-state index in [1.807, 2.05) is 49.5 Å². The van der Waals surface area contributed by atoms with Gasteiger partial charge in [-0.3, -0.25) is 0 Å². The first-order valence-electron chi connectivity index (χ1n) is 9.19. The summed E-state index contributed by atoms with van der Waals surface area (Å²) in [4.78, 5) is 12.4. The van der Waals surface area contributed by atoms with E-state index in [4.69, 9.17) is 47.3 Å². The van der Waals surface area contributed by atoms with Crippen LogP contribution in [-0.2, 0) is 50.0 Å². The fraction of sp³-hybridized carbons (Fsp3) is 0.211. The SMILES string of the molecule is CC#N.Cn1c(COCc2nc3ccccc3[nH]2)nc2ccccc21.[O-][Cl+3]([O-])([O-])[O-].[O-][Cl+3]([O-])([O-])[O-].[OH3+].[Zn+2]. The number of rotatable bonds is 4. The predicted molar refractivity (Wildman–Crippen MR) is 101 cm³/mol. The van der Waals surface area contributed by atoms with Gasteiger partial charge >= 0.3 is 19.5 Å². The van der Waals surface area contributed by atoms with Crippen LogP contribution < -0.4 is 37.3 Å². The van der Waals surface area contributed by atoms with Crippen molar-refractivity contribution in [1.29, 1.82) is 5.26 Å². The third-order valence-corrected chi connectivity index (χ3v) is 3.79. The normalized spacial score (nSPS) is 10.3. The summed E-state index contributed by atoms with van der Waals surface area (Å²) in [6.45, 7) is 2.33. The molecule has 18 heteroatoms. The molecule has 4 rings (SSSR count). The van der Waals surface area contributed by atoms with Crippen LogP contribution in [0.4, 0.5) is 0 Å². The van der Waals surface area contributed by atoms with Crippen LogP contribution in [0, 0.1) is 31.8 Å². The van der Waals surface area contributed by atoms with E-state index in [-0.39, 0.29) is 25.0 Å². The van der Waals surface area contributed by atoms with Gasteiger partial charge in [0.2, 0.25) is 0 Å². The Bertz CT molecular complexity index is 1180. The maximum Gasteiger partial charge on any atom is 2.00 e. The first kappa shape index (κ1) is 36.8. The van der Waals surface area contributed by atoms with Crippen molar-refractivity contribution < 1.29 is 87.4 Å². The number of nitrogens with zero attached hydrogens (tertiary/aromatic N) is 4. The van der Waals surface area contributed by atoms with Crippen LogP contribution in [0.3, 0.4) is 0 Å². The van der Waals surface area contributed by atoms with Gasteiger partial charge in [0.05, 0.1) is 28.1 Å². The van der Waals surface area contributed by atoms with E-state index >= 15 is 0 Å². The van der Waals surface area contributed by atoms with Crippen LogP contribution in [0.25, 0.3) is 22.1 Å². The van der Waals surface area contributed by atoms with E-state index in [1.165, 1.54) is 6.92 Å². The van der Waals surface area contributed by atoms with Gasteiger partial charge < -0.3 is 19.8 Å².